The van der Waals surface area contributed by atoms with E-state index < -0.39 is 0 Å². The highest BCUT2D eigenvalue weighted by Gasteiger charge is 2.18. The molecule has 0 spiro atoms. The van der Waals surface area contributed by atoms with Crippen LogP contribution in [0.15, 0.2) is 39.6 Å². The van der Waals surface area contributed by atoms with Crippen LogP contribution in [0.25, 0.3) is 0 Å². The predicted octanol–water partition coefficient (Wildman–Crippen LogP) is 3.30. The number of furan rings is 1. The Morgan fingerprint density at radius 1 is 1.18 bits per heavy atom. The summed E-state index contributed by atoms with van der Waals surface area (Å²) in [4.78, 5) is 12.2. The van der Waals surface area contributed by atoms with Crippen molar-refractivity contribution in [1.82, 2.24) is 0 Å². The van der Waals surface area contributed by atoms with Crippen molar-refractivity contribution in [3.05, 3.63) is 57.5 Å². The predicted molar refractivity (Wildman–Crippen MR) is 64.8 cm³/mol. The zero-order valence-electron chi connectivity index (χ0n) is 8.90. The zero-order valence-corrected chi connectivity index (χ0v) is 10.5. The zero-order chi connectivity index (χ0) is 11.8. The van der Waals surface area contributed by atoms with Gasteiger partial charge in [-0.05, 0) is 39.2 Å². The number of halogens is 1. The van der Waals surface area contributed by atoms with E-state index in [9.17, 15) is 4.79 Å². The number of hydrogen-bond acceptors (Lipinski definition) is 3. The van der Waals surface area contributed by atoms with Gasteiger partial charge < -0.3 is 9.15 Å². The van der Waals surface area contributed by atoms with E-state index in [1.165, 1.54) is 6.26 Å². The van der Waals surface area contributed by atoms with Crippen molar-refractivity contribution in [3.63, 3.8) is 0 Å². The average Bonchev–Trinajstić information content (AvgIpc) is 2.95. The summed E-state index contributed by atoms with van der Waals surface area (Å²) in [6, 6.07) is 7.33. The van der Waals surface area contributed by atoms with Gasteiger partial charge in [0, 0.05) is 5.56 Å². The van der Waals surface area contributed by atoms with Gasteiger partial charge in [0.25, 0.3) is 0 Å². The second-order valence-corrected chi connectivity index (χ2v) is 4.63. The van der Waals surface area contributed by atoms with Gasteiger partial charge in [-0.2, -0.15) is 0 Å². The largest absolute Gasteiger partial charge is 0.457 e. The second-order valence-electron chi connectivity index (χ2n) is 3.91. The van der Waals surface area contributed by atoms with Crippen LogP contribution in [-0.4, -0.2) is 5.78 Å². The lowest BCUT2D eigenvalue weighted by molar-refractivity contribution is 0.103. The number of ether oxygens (including phenoxy) is 1. The lowest BCUT2D eigenvalue weighted by Crippen LogP contribution is -2.01. The molecule has 0 saturated heterocycles. The van der Waals surface area contributed by atoms with Crippen molar-refractivity contribution in [2.75, 3.05) is 0 Å². The first-order valence-electron chi connectivity index (χ1n) is 5.23. The Balaban J connectivity index is 2.00. The summed E-state index contributed by atoms with van der Waals surface area (Å²) in [5.41, 5.74) is 3.46. The molecule has 0 saturated carbocycles. The Morgan fingerprint density at radius 3 is 2.76 bits per heavy atom. The van der Waals surface area contributed by atoms with Gasteiger partial charge in [0.2, 0.25) is 0 Å². The quantitative estimate of drug-likeness (QED) is 0.797. The third-order valence-electron chi connectivity index (χ3n) is 2.85. The van der Waals surface area contributed by atoms with Crippen molar-refractivity contribution in [2.45, 2.75) is 13.2 Å². The molecule has 4 heteroatoms. The van der Waals surface area contributed by atoms with Crippen LogP contribution in [0.4, 0.5) is 0 Å². The van der Waals surface area contributed by atoms with E-state index >= 15 is 0 Å². The highest BCUT2D eigenvalue weighted by atomic mass is 79.9. The molecule has 1 aliphatic rings. The van der Waals surface area contributed by atoms with Crippen LogP contribution < -0.4 is 0 Å². The standard InChI is InChI=1S/C13H9BrO3/c14-13-11(3-4-17-13)12(15)8-1-2-9-6-16-7-10(9)5-8/h1-5H,6-7H2. The summed E-state index contributed by atoms with van der Waals surface area (Å²) < 4.78 is 10.9. The van der Waals surface area contributed by atoms with Gasteiger partial charge in [-0.1, -0.05) is 12.1 Å². The lowest BCUT2D eigenvalue weighted by Gasteiger charge is -2.02. The van der Waals surface area contributed by atoms with Crippen molar-refractivity contribution < 1.29 is 13.9 Å². The summed E-state index contributed by atoms with van der Waals surface area (Å²) in [7, 11) is 0. The van der Waals surface area contributed by atoms with Gasteiger partial charge in [0.15, 0.2) is 10.5 Å². The molecular formula is C13H9BrO3. The summed E-state index contributed by atoms with van der Waals surface area (Å²) in [5, 5.41) is 0. The molecule has 0 N–H and O–H groups in total. The monoisotopic (exact) mass is 292 g/mol. The number of rotatable bonds is 2. The Bertz CT molecular complexity index is 586. The minimum absolute atomic E-state index is 0.0414. The summed E-state index contributed by atoms with van der Waals surface area (Å²) in [5.74, 6) is -0.0414. The Morgan fingerprint density at radius 2 is 2.00 bits per heavy atom. The normalized spacial score (nSPS) is 13.7. The highest BCUT2D eigenvalue weighted by Crippen LogP contribution is 2.25. The molecule has 1 aliphatic heterocycles. The Kier molecular flexibility index (Phi) is 2.61. The van der Waals surface area contributed by atoms with E-state index in [1.54, 1.807) is 6.07 Å². The first kappa shape index (κ1) is 10.7. The minimum atomic E-state index is -0.0414. The molecule has 0 bridgehead atoms. The maximum atomic E-state index is 12.2. The van der Waals surface area contributed by atoms with E-state index in [1.807, 2.05) is 18.2 Å². The Hall–Kier alpha value is -1.39. The Labute approximate surface area is 107 Å². The maximum absolute atomic E-state index is 12.2. The van der Waals surface area contributed by atoms with E-state index in [4.69, 9.17) is 9.15 Å². The van der Waals surface area contributed by atoms with Crippen molar-refractivity contribution in [1.29, 1.82) is 0 Å². The summed E-state index contributed by atoms with van der Waals surface area (Å²) in [6.45, 7) is 1.22. The molecule has 0 atom stereocenters. The average molecular weight is 293 g/mol. The van der Waals surface area contributed by atoms with Crippen LogP contribution in [0.1, 0.15) is 27.0 Å². The summed E-state index contributed by atoms with van der Waals surface area (Å²) >= 11 is 3.21. The first-order chi connectivity index (χ1) is 8.25. The van der Waals surface area contributed by atoms with Gasteiger partial charge in [0.05, 0.1) is 25.0 Å². The number of benzene rings is 1. The SMILES string of the molecule is O=C(c1ccc2c(c1)COC2)c1ccoc1Br. The molecule has 0 fully saturated rings. The molecule has 0 unspecified atom stereocenters. The van der Waals surface area contributed by atoms with Crippen molar-refractivity contribution in [2.24, 2.45) is 0 Å². The van der Waals surface area contributed by atoms with Gasteiger partial charge >= 0.3 is 0 Å². The van der Waals surface area contributed by atoms with Crippen molar-refractivity contribution >= 4 is 21.7 Å². The van der Waals surface area contributed by atoms with Gasteiger partial charge in [0.1, 0.15) is 0 Å². The molecule has 2 heterocycles. The second kappa shape index (κ2) is 4.13. The third kappa shape index (κ3) is 1.83. The fourth-order valence-corrected chi connectivity index (χ4v) is 2.34. The number of fused-ring (bicyclic) bond motifs is 1. The van der Waals surface area contributed by atoms with Crippen LogP contribution >= 0.6 is 15.9 Å². The molecule has 0 amide bonds. The number of carbonyl (C=O) groups is 1. The molecule has 1 aromatic carbocycles. The van der Waals surface area contributed by atoms with Crippen LogP contribution in [0.2, 0.25) is 0 Å². The first-order valence-corrected chi connectivity index (χ1v) is 6.02. The molecular weight excluding hydrogens is 284 g/mol. The minimum Gasteiger partial charge on any atom is -0.457 e. The lowest BCUT2D eigenvalue weighted by atomic mass is 10.0. The van der Waals surface area contributed by atoms with E-state index in [0.29, 0.717) is 29.0 Å². The van der Waals surface area contributed by atoms with E-state index in [0.717, 1.165) is 11.1 Å². The highest BCUT2D eigenvalue weighted by molar-refractivity contribution is 9.10. The van der Waals surface area contributed by atoms with Gasteiger partial charge in [-0.15, -0.1) is 0 Å². The number of carbonyl (C=O) groups excluding carboxylic acids is 1. The fraction of sp³-hybridized carbons (Fsp3) is 0.154. The third-order valence-corrected chi connectivity index (χ3v) is 3.46. The molecule has 86 valence electrons. The van der Waals surface area contributed by atoms with Crippen LogP contribution in [-0.2, 0) is 18.0 Å². The van der Waals surface area contributed by atoms with E-state index in [-0.39, 0.29) is 5.78 Å². The number of ketones is 1. The molecule has 0 radical (unpaired) electrons. The van der Waals surface area contributed by atoms with Crippen LogP contribution in [0.3, 0.4) is 0 Å². The maximum Gasteiger partial charge on any atom is 0.197 e. The summed E-state index contributed by atoms with van der Waals surface area (Å²) in [6.07, 6.45) is 1.49. The number of hydrogen-bond donors (Lipinski definition) is 0. The molecule has 1 aromatic heterocycles. The van der Waals surface area contributed by atoms with Gasteiger partial charge in [-0.3, -0.25) is 4.79 Å². The van der Waals surface area contributed by atoms with Crippen molar-refractivity contribution in [3.8, 4) is 0 Å². The fourth-order valence-electron chi connectivity index (χ4n) is 1.92. The smallest absolute Gasteiger partial charge is 0.197 e. The van der Waals surface area contributed by atoms with E-state index in [2.05, 4.69) is 15.9 Å². The molecule has 17 heavy (non-hydrogen) atoms. The topological polar surface area (TPSA) is 39.4 Å². The van der Waals surface area contributed by atoms with Crippen LogP contribution in [0, 0.1) is 0 Å². The molecule has 3 nitrogen and oxygen atoms in total. The molecule has 3 rings (SSSR count). The molecule has 0 aliphatic carbocycles. The molecule has 2 aromatic rings. The van der Waals surface area contributed by atoms with Gasteiger partial charge in [-0.25, -0.2) is 0 Å². The van der Waals surface area contributed by atoms with Crippen LogP contribution in [0.5, 0.6) is 0 Å².